The molecule has 5 aliphatic rings. The topological polar surface area (TPSA) is 38.3 Å². The number of carbonyl (C=O) groups excluding carboxylic acids is 1. The number of para-hydroxylation sites is 1. The van der Waals surface area contributed by atoms with Gasteiger partial charge in [-0.25, -0.2) is 0 Å². The highest BCUT2D eigenvalue weighted by Gasteiger charge is 2.90. The molecule has 2 saturated carbocycles. The van der Waals surface area contributed by atoms with Gasteiger partial charge in [-0.1, -0.05) is 25.1 Å². The number of methoxy groups -OCH3 is 1. The number of hydrogen-bond acceptors (Lipinski definition) is 3. The van der Waals surface area contributed by atoms with E-state index in [-0.39, 0.29) is 28.3 Å². The fourth-order valence-electron chi connectivity index (χ4n) is 9.47. The zero-order chi connectivity index (χ0) is 18.7. The first kappa shape index (κ1) is 16.4. The number of likely N-dealkylation sites (N-methyl/N-ethyl adjacent to an activating group) is 1. The molecule has 6 rings (SSSR count). The van der Waals surface area contributed by atoms with Crippen LogP contribution in [0.1, 0.15) is 45.1 Å². The van der Waals surface area contributed by atoms with Crippen molar-refractivity contribution in [3.63, 3.8) is 0 Å². The summed E-state index contributed by atoms with van der Waals surface area (Å²) in [6.45, 7) is 8.66. The highest BCUT2D eigenvalue weighted by atomic mass is 16.5. The molecular weight excluding hydrogens is 336 g/mol. The van der Waals surface area contributed by atoms with E-state index in [1.807, 2.05) is 0 Å². The van der Waals surface area contributed by atoms with Gasteiger partial charge in [0.1, 0.15) is 6.04 Å². The molecule has 144 valence electrons. The van der Waals surface area contributed by atoms with Crippen LogP contribution >= 0.6 is 0 Å². The van der Waals surface area contributed by atoms with Crippen molar-refractivity contribution in [2.24, 2.45) is 17.3 Å². The first-order chi connectivity index (χ1) is 13.0. The number of nitrogens with one attached hydrogen (secondary N) is 1. The molecule has 3 spiro atoms. The molecule has 0 radical (unpaired) electrons. The van der Waals surface area contributed by atoms with E-state index in [2.05, 4.69) is 43.4 Å². The van der Waals surface area contributed by atoms with Crippen LogP contribution in [0.2, 0.25) is 0 Å². The van der Waals surface area contributed by atoms with Crippen molar-refractivity contribution < 1.29 is 14.0 Å². The van der Waals surface area contributed by atoms with E-state index in [1.165, 1.54) is 54.6 Å². The lowest BCUT2D eigenvalue weighted by molar-refractivity contribution is -0.952. The van der Waals surface area contributed by atoms with Gasteiger partial charge in [0.05, 0.1) is 43.6 Å². The Balaban J connectivity index is 1.68. The van der Waals surface area contributed by atoms with Crippen LogP contribution in [0.4, 0.5) is 5.69 Å². The molecule has 27 heavy (non-hydrogen) atoms. The molecule has 3 heterocycles. The molecule has 0 unspecified atom stereocenters. The van der Waals surface area contributed by atoms with Crippen molar-refractivity contribution in [2.75, 3.05) is 32.1 Å². The Hall–Kier alpha value is -1.55. The van der Waals surface area contributed by atoms with Crippen LogP contribution in [-0.2, 0) is 14.9 Å². The molecule has 1 N–H and O–H groups in total. The summed E-state index contributed by atoms with van der Waals surface area (Å²) >= 11 is 0. The molecule has 7 atom stereocenters. The second-order valence-electron chi connectivity index (χ2n) is 9.98. The lowest BCUT2D eigenvalue weighted by Gasteiger charge is -2.55. The minimum Gasteiger partial charge on any atom is -0.469 e. The quantitative estimate of drug-likeness (QED) is 0.644. The highest BCUT2D eigenvalue weighted by molar-refractivity contribution is 5.82. The fraction of sp³-hybridized carbons (Fsp3) is 0.696. The van der Waals surface area contributed by atoms with Crippen LogP contribution < -0.4 is 5.32 Å². The molecule has 1 aromatic carbocycles. The first-order valence-corrected chi connectivity index (χ1v) is 10.8. The number of rotatable bonds is 2. The van der Waals surface area contributed by atoms with Crippen molar-refractivity contribution in [3.05, 3.63) is 29.8 Å². The fourth-order valence-corrected chi connectivity index (χ4v) is 9.47. The second-order valence-corrected chi connectivity index (χ2v) is 9.98. The van der Waals surface area contributed by atoms with Crippen LogP contribution in [0.15, 0.2) is 24.3 Å². The van der Waals surface area contributed by atoms with Gasteiger partial charge >= 0.3 is 5.97 Å². The van der Waals surface area contributed by atoms with Crippen LogP contribution in [0.25, 0.3) is 0 Å². The molecule has 4 fully saturated rings. The van der Waals surface area contributed by atoms with Crippen LogP contribution in [0.3, 0.4) is 0 Å². The Morgan fingerprint density at radius 1 is 1.30 bits per heavy atom. The summed E-state index contributed by atoms with van der Waals surface area (Å²) in [6.07, 6.45) is 4.79. The van der Waals surface area contributed by atoms with Crippen molar-refractivity contribution in [1.29, 1.82) is 0 Å². The van der Waals surface area contributed by atoms with E-state index in [0.717, 1.165) is 6.42 Å². The molecule has 0 amide bonds. The summed E-state index contributed by atoms with van der Waals surface area (Å²) in [4.78, 5) is 13.1. The summed E-state index contributed by atoms with van der Waals surface area (Å²) in [7, 11) is 1.57. The summed E-state index contributed by atoms with van der Waals surface area (Å²) in [5.41, 5.74) is 2.94. The number of quaternary nitrogens is 1. The van der Waals surface area contributed by atoms with Crippen LogP contribution in [0.5, 0.6) is 0 Å². The average Bonchev–Trinajstić information content (AvgIpc) is 3.34. The molecule has 4 nitrogen and oxygen atoms in total. The maximum Gasteiger partial charge on any atom is 0.311 e. The van der Waals surface area contributed by atoms with Crippen molar-refractivity contribution in [3.8, 4) is 0 Å². The molecule has 0 aromatic heterocycles. The van der Waals surface area contributed by atoms with Gasteiger partial charge in [0.15, 0.2) is 0 Å². The number of benzene rings is 1. The summed E-state index contributed by atoms with van der Waals surface area (Å²) in [6, 6.07) is 9.58. The zero-order valence-corrected chi connectivity index (χ0v) is 16.8. The Kier molecular flexibility index (Phi) is 2.86. The molecule has 2 aliphatic carbocycles. The number of piperidine rings is 1. The minimum absolute atomic E-state index is 0.00364. The minimum atomic E-state index is -0.173. The van der Waals surface area contributed by atoms with E-state index >= 15 is 0 Å². The van der Waals surface area contributed by atoms with Gasteiger partial charge in [-0.3, -0.25) is 4.79 Å². The van der Waals surface area contributed by atoms with Gasteiger partial charge in [0.2, 0.25) is 0 Å². The lowest BCUT2D eigenvalue weighted by Crippen LogP contribution is -2.68. The van der Waals surface area contributed by atoms with Gasteiger partial charge in [0.25, 0.3) is 0 Å². The molecular formula is C23H31N2O2+. The van der Waals surface area contributed by atoms with Crippen LogP contribution in [0, 0.1) is 17.3 Å². The third-order valence-corrected chi connectivity index (χ3v) is 10.0. The number of nitrogens with zero attached hydrogens (tertiary/aromatic N) is 1. The van der Waals surface area contributed by atoms with Crippen molar-refractivity contribution in [2.45, 2.75) is 56.5 Å². The van der Waals surface area contributed by atoms with E-state index < -0.39 is 0 Å². The standard InChI is InChI=1S/C23H31N2O2/c1-4-25-12-7-10-21-14-17(19(26)27-3)23(15(21)2)22(11-13-25,20(21)25)16-8-5-6-9-18(16)24-23/h5-6,8-9,15,17,20,24H,4,7,10-14H2,1-3H3/q+1/t15-,17+,20+,21-,22+,23-,25-/m0/s1. The molecule has 2 saturated heterocycles. The number of anilines is 1. The largest absolute Gasteiger partial charge is 0.469 e. The lowest BCUT2D eigenvalue weighted by atomic mass is 9.56. The third-order valence-electron chi connectivity index (χ3n) is 10.0. The van der Waals surface area contributed by atoms with E-state index in [0.29, 0.717) is 12.0 Å². The average molecular weight is 368 g/mol. The number of ether oxygens (including phenoxy) is 1. The maximum absolute atomic E-state index is 13.1. The van der Waals surface area contributed by atoms with Gasteiger partial charge in [-0.2, -0.15) is 0 Å². The number of esters is 1. The molecule has 2 bridgehead atoms. The van der Waals surface area contributed by atoms with E-state index in [9.17, 15) is 4.79 Å². The van der Waals surface area contributed by atoms with Gasteiger partial charge in [-0.15, -0.1) is 0 Å². The van der Waals surface area contributed by atoms with Gasteiger partial charge in [-0.05, 0) is 43.7 Å². The number of carbonyl (C=O) groups is 1. The van der Waals surface area contributed by atoms with Gasteiger partial charge in [0, 0.05) is 17.5 Å². The van der Waals surface area contributed by atoms with Crippen molar-refractivity contribution >= 4 is 11.7 Å². The molecule has 4 heteroatoms. The van der Waals surface area contributed by atoms with E-state index in [4.69, 9.17) is 4.74 Å². The second kappa shape index (κ2) is 4.71. The predicted octanol–water partition coefficient (Wildman–Crippen LogP) is 3.32. The maximum atomic E-state index is 13.1. The number of fused-ring (bicyclic) bond motifs is 1. The van der Waals surface area contributed by atoms with Crippen molar-refractivity contribution in [1.82, 2.24) is 0 Å². The Morgan fingerprint density at radius 3 is 2.89 bits per heavy atom. The summed E-state index contributed by atoms with van der Waals surface area (Å²) in [5, 5.41) is 4.02. The smallest absolute Gasteiger partial charge is 0.311 e. The highest BCUT2D eigenvalue weighted by Crippen LogP contribution is 2.81. The third kappa shape index (κ3) is 1.38. The summed E-state index contributed by atoms with van der Waals surface area (Å²) < 4.78 is 6.66. The molecule has 3 aliphatic heterocycles. The Labute approximate surface area is 161 Å². The van der Waals surface area contributed by atoms with Gasteiger partial charge < -0.3 is 14.5 Å². The SMILES string of the molecule is CC[N@+]12CCC[C@@]34C[C@H](C(=O)OC)[C@@]5(Nc6ccccc6[C@]5(CC1)[C@@H]32)[C@H]4C. The van der Waals surface area contributed by atoms with E-state index in [1.54, 1.807) is 7.11 Å². The van der Waals surface area contributed by atoms with Crippen LogP contribution in [-0.4, -0.2) is 48.8 Å². The zero-order valence-electron chi connectivity index (χ0n) is 16.8. The Morgan fingerprint density at radius 2 is 2.11 bits per heavy atom. The Bertz CT molecular complexity index is 855. The monoisotopic (exact) mass is 367 g/mol. The normalized spacial score (nSPS) is 50.7. The molecule has 1 aromatic rings. The first-order valence-electron chi connectivity index (χ1n) is 10.8. The summed E-state index contributed by atoms with van der Waals surface area (Å²) in [5.74, 6) is 0.469. The number of hydrogen-bond donors (Lipinski definition) is 1. The predicted molar refractivity (Wildman–Crippen MR) is 104 cm³/mol.